The van der Waals surface area contributed by atoms with Crippen molar-refractivity contribution in [3.05, 3.63) is 41.7 Å². The van der Waals surface area contributed by atoms with Gasteiger partial charge in [0.1, 0.15) is 5.56 Å². The van der Waals surface area contributed by atoms with Crippen LogP contribution in [0.3, 0.4) is 0 Å². The summed E-state index contributed by atoms with van der Waals surface area (Å²) in [7, 11) is 1.26. The van der Waals surface area contributed by atoms with Crippen LogP contribution in [0.4, 0.5) is 19.1 Å². The number of likely N-dealkylation sites (tertiary alicyclic amines) is 1. The van der Waals surface area contributed by atoms with Crippen molar-refractivity contribution in [3.63, 3.8) is 0 Å². The molecule has 0 amide bonds. The molecule has 0 bridgehead atoms. The van der Waals surface area contributed by atoms with Crippen molar-refractivity contribution in [1.82, 2.24) is 19.9 Å². The molecule has 0 aliphatic carbocycles. The van der Waals surface area contributed by atoms with E-state index < -0.39 is 17.7 Å². The van der Waals surface area contributed by atoms with Crippen LogP contribution in [0.25, 0.3) is 22.2 Å². The third-order valence-corrected chi connectivity index (χ3v) is 5.87. The second-order valence-electron chi connectivity index (χ2n) is 8.24. The molecule has 0 radical (unpaired) electrons. The van der Waals surface area contributed by atoms with E-state index in [4.69, 9.17) is 15.2 Å². The van der Waals surface area contributed by atoms with Gasteiger partial charge in [-0.1, -0.05) is 6.07 Å². The molecule has 1 aliphatic heterocycles. The molecule has 2 aromatic heterocycles. The summed E-state index contributed by atoms with van der Waals surface area (Å²) in [6.07, 6.45) is -1.58. The zero-order valence-corrected chi connectivity index (χ0v) is 19.2. The van der Waals surface area contributed by atoms with Crippen LogP contribution in [0.2, 0.25) is 0 Å². The SMILES string of the molecule is COC(=O)c1ccc2c(-c3nc(NC4CCN(CCOCCN)C4)ncc3C(F)(F)F)c[nH]c2c1. The molecule has 1 atom stereocenters. The molecule has 0 spiro atoms. The highest BCUT2D eigenvalue weighted by molar-refractivity contribution is 6.00. The first-order valence-electron chi connectivity index (χ1n) is 11.2. The molecule has 4 rings (SSSR count). The Morgan fingerprint density at radius 2 is 2.17 bits per heavy atom. The van der Waals surface area contributed by atoms with E-state index in [1.54, 1.807) is 6.07 Å². The number of anilines is 1. The van der Waals surface area contributed by atoms with Crippen molar-refractivity contribution in [2.24, 2.45) is 5.73 Å². The maximum absolute atomic E-state index is 13.8. The lowest BCUT2D eigenvalue weighted by atomic mass is 10.0. The van der Waals surface area contributed by atoms with Crippen LogP contribution in [-0.2, 0) is 15.7 Å². The number of aromatic nitrogens is 3. The van der Waals surface area contributed by atoms with Crippen LogP contribution in [0.5, 0.6) is 0 Å². The number of methoxy groups -OCH3 is 1. The summed E-state index contributed by atoms with van der Waals surface area (Å²) in [6, 6.07) is 4.61. The summed E-state index contributed by atoms with van der Waals surface area (Å²) in [6.45, 7) is 3.84. The van der Waals surface area contributed by atoms with Gasteiger partial charge in [0.05, 0.1) is 31.6 Å². The zero-order chi connectivity index (χ0) is 25.0. The molecule has 188 valence electrons. The third-order valence-electron chi connectivity index (χ3n) is 5.87. The molecule has 4 N–H and O–H groups in total. The molecular weight excluding hydrogens is 465 g/mol. The summed E-state index contributed by atoms with van der Waals surface area (Å²) in [5.41, 5.74) is 5.28. The van der Waals surface area contributed by atoms with E-state index in [1.807, 2.05) is 0 Å². The van der Waals surface area contributed by atoms with Crippen LogP contribution in [0, 0.1) is 0 Å². The number of hydrogen-bond donors (Lipinski definition) is 3. The van der Waals surface area contributed by atoms with Gasteiger partial charge in [0, 0.05) is 61.1 Å². The predicted octanol–water partition coefficient (Wildman–Crippen LogP) is 2.89. The first-order valence-corrected chi connectivity index (χ1v) is 11.2. The fourth-order valence-electron chi connectivity index (χ4n) is 4.15. The number of hydrogen-bond acceptors (Lipinski definition) is 8. The van der Waals surface area contributed by atoms with E-state index >= 15 is 0 Å². The van der Waals surface area contributed by atoms with Crippen LogP contribution in [0.1, 0.15) is 22.3 Å². The first kappa shape index (κ1) is 24.9. The average molecular weight is 493 g/mol. The number of nitrogens with zero attached hydrogens (tertiary/aromatic N) is 3. The third kappa shape index (κ3) is 5.72. The fourth-order valence-corrected chi connectivity index (χ4v) is 4.15. The molecule has 1 fully saturated rings. The molecule has 3 aromatic rings. The molecule has 1 saturated heterocycles. The number of rotatable bonds is 9. The number of fused-ring (bicyclic) bond motifs is 1. The van der Waals surface area contributed by atoms with Gasteiger partial charge in [-0.2, -0.15) is 13.2 Å². The molecule has 1 unspecified atom stereocenters. The Bertz CT molecular complexity index is 1180. The van der Waals surface area contributed by atoms with Crippen molar-refractivity contribution < 1.29 is 27.4 Å². The number of carbonyl (C=O) groups excluding carboxylic acids is 1. The Morgan fingerprint density at radius 3 is 2.91 bits per heavy atom. The fraction of sp³-hybridized carbons (Fsp3) is 0.435. The highest BCUT2D eigenvalue weighted by Gasteiger charge is 2.36. The lowest BCUT2D eigenvalue weighted by molar-refractivity contribution is -0.137. The number of carbonyl (C=O) groups is 1. The number of aromatic amines is 1. The van der Waals surface area contributed by atoms with Crippen molar-refractivity contribution in [2.45, 2.75) is 18.6 Å². The maximum Gasteiger partial charge on any atom is 0.419 e. The van der Waals surface area contributed by atoms with E-state index in [-0.39, 0.29) is 28.8 Å². The average Bonchev–Trinajstić information content (AvgIpc) is 3.47. The van der Waals surface area contributed by atoms with Crippen molar-refractivity contribution >= 4 is 22.8 Å². The Hall–Kier alpha value is -3.22. The maximum atomic E-state index is 13.8. The van der Waals surface area contributed by atoms with E-state index in [9.17, 15) is 18.0 Å². The predicted molar refractivity (Wildman–Crippen MR) is 124 cm³/mol. The molecule has 35 heavy (non-hydrogen) atoms. The Labute approximate surface area is 199 Å². The Balaban J connectivity index is 1.57. The highest BCUT2D eigenvalue weighted by atomic mass is 19.4. The molecule has 0 saturated carbocycles. The van der Waals surface area contributed by atoms with Gasteiger partial charge in [-0.25, -0.2) is 14.8 Å². The number of halogens is 3. The minimum Gasteiger partial charge on any atom is -0.465 e. The minimum absolute atomic E-state index is 0.000298. The molecular formula is C23H27F3N6O3. The van der Waals surface area contributed by atoms with Crippen LogP contribution in [-0.4, -0.2) is 78.4 Å². The zero-order valence-electron chi connectivity index (χ0n) is 19.2. The summed E-state index contributed by atoms with van der Waals surface area (Å²) >= 11 is 0. The number of esters is 1. The van der Waals surface area contributed by atoms with Crippen LogP contribution < -0.4 is 11.1 Å². The van der Waals surface area contributed by atoms with Crippen molar-refractivity contribution in [3.8, 4) is 11.3 Å². The Morgan fingerprint density at radius 1 is 1.34 bits per heavy atom. The van der Waals surface area contributed by atoms with Gasteiger partial charge in [-0.15, -0.1) is 0 Å². The normalized spacial score (nSPS) is 16.7. The summed E-state index contributed by atoms with van der Waals surface area (Å²) in [4.78, 5) is 25.2. The van der Waals surface area contributed by atoms with Gasteiger partial charge < -0.3 is 25.5 Å². The van der Waals surface area contributed by atoms with Gasteiger partial charge in [0.15, 0.2) is 0 Å². The van der Waals surface area contributed by atoms with Crippen molar-refractivity contribution in [2.75, 3.05) is 51.8 Å². The minimum atomic E-state index is -4.64. The second-order valence-corrected chi connectivity index (χ2v) is 8.24. The van der Waals surface area contributed by atoms with Crippen molar-refractivity contribution in [1.29, 1.82) is 0 Å². The van der Waals surface area contributed by atoms with Gasteiger partial charge in [-0.05, 0) is 18.6 Å². The smallest absolute Gasteiger partial charge is 0.419 e. The monoisotopic (exact) mass is 492 g/mol. The number of ether oxygens (including phenoxy) is 2. The number of nitrogens with two attached hydrogens (primary N) is 1. The molecule has 1 aliphatic rings. The standard InChI is InChI=1S/C23H27F3N6O3/c1-34-21(33)14-2-3-16-17(11-28-19(16)10-14)20-18(23(24,25)26)12-29-22(31-20)30-15-4-6-32(13-15)7-9-35-8-5-27/h2-3,10-12,15,28H,4-9,13,27H2,1H3,(H,29,30,31). The molecule has 9 nitrogen and oxygen atoms in total. The van der Waals surface area contributed by atoms with Crippen LogP contribution in [0.15, 0.2) is 30.6 Å². The van der Waals surface area contributed by atoms with E-state index in [0.29, 0.717) is 37.2 Å². The molecule has 1 aromatic carbocycles. The van der Waals surface area contributed by atoms with Gasteiger partial charge >= 0.3 is 12.1 Å². The Kier molecular flexibility index (Phi) is 7.53. The quantitative estimate of drug-likeness (QED) is 0.308. The molecule has 12 heteroatoms. The van der Waals surface area contributed by atoms with E-state index in [1.165, 1.54) is 25.4 Å². The lowest BCUT2D eigenvalue weighted by Gasteiger charge is -2.18. The number of nitrogens with one attached hydrogen (secondary N) is 2. The van der Waals surface area contributed by atoms with Gasteiger partial charge in [0.25, 0.3) is 0 Å². The number of alkyl halides is 3. The van der Waals surface area contributed by atoms with E-state index in [0.717, 1.165) is 25.7 Å². The molecule has 3 heterocycles. The van der Waals surface area contributed by atoms with Gasteiger partial charge in [-0.3, -0.25) is 4.90 Å². The topological polar surface area (TPSA) is 118 Å². The van der Waals surface area contributed by atoms with E-state index in [2.05, 4.69) is 25.2 Å². The number of H-pyrrole nitrogens is 1. The highest BCUT2D eigenvalue weighted by Crippen LogP contribution is 2.39. The van der Waals surface area contributed by atoms with Crippen LogP contribution >= 0.6 is 0 Å². The lowest BCUT2D eigenvalue weighted by Crippen LogP contribution is -2.30. The summed E-state index contributed by atoms with van der Waals surface area (Å²) < 4.78 is 51.6. The largest absolute Gasteiger partial charge is 0.465 e. The summed E-state index contributed by atoms with van der Waals surface area (Å²) in [5, 5.41) is 3.67. The number of benzene rings is 1. The first-order chi connectivity index (χ1) is 16.8. The summed E-state index contributed by atoms with van der Waals surface area (Å²) in [5.74, 6) is -0.413. The second kappa shape index (κ2) is 10.6. The van der Waals surface area contributed by atoms with Gasteiger partial charge in [0.2, 0.25) is 5.95 Å².